The number of rotatable bonds is 4. The third-order valence-corrected chi connectivity index (χ3v) is 0.840. The van der Waals surface area contributed by atoms with Crippen molar-refractivity contribution in [2.75, 3.05) is 13.3 Å². The molecule has 0 saturated carbocycles. The molecule has 2 nitrogen and oxygen atoms in total. The summed E-state index contributed by atoms with van der Waals surface area (Å²) in [6.45, 7) is 2.75. The molecule has 0 aromatic carbocycles. The van der Waals surface area contributed by atoms with E-state index in [1.165, 1.54) is 0 Å². The highest BCUT2D eigenvalue weighted by Gasteiger charge is 2.07. The van der Waals surface area contributed by atoms with Crippen LogP contribution in [0.15, 0.2) is 0 Å². The van der Waals surface area contributed by atoms with E-state index in [4.69, 9.17) is 9.84 Å². The van der Waals surface area contributed by atoms with Gasteiger partial charge in [0.05, 0.1) is 12.7 Å². The van der Waals surface area contributed by atoms with Gasteiger partial charge in [0.1, 0.15) is 12.8 Å². The van der Waals surface area contributed by atoms with Crippen LogP contribution >= 0.6 is 0 Å². The second-order valence-electron chi connectivity index (χ2n) is 2.14. The molecule has 0 fully saturated rings. The van der Waals surface area contributed by atoms with Crippen molar-refractivity contribution in [2.24, 2.45) is 0 Å². The Kier molecular flexibility index (Phi) is 4.62. The number of aliphatic hydroxyl groups is 1. The van der Waals surface area contributed by atoms with Crippen LogP contribution in [0.3, 0.4) is 0 Å². The van der Waals surface area contributed by atoms with Gasteiger partial charge in [-0.05, 0) is 13.8 Å². The average Bonchev–Trinajstić information content (AvgIpc) is 1.82. The molecule has 3 heteroatoms. The summed E-state index contributed by atoms with van der Waals surface area (Å²) in [7, 11) is 0. The van der Waals surface area contributed by atoms with E-state index in [1.807, 2.05) is 0 Å². The van der Waals surface area contributed by atoms with Crippen molar-refractivity contribution in [1.82, 2.24) is 0 Å². The lowest BCUT2D eigenvalue weighted by Crippen LogP contribution is -2.23. The fraction of sp³-hybridized carbons (Fsp3) is 1.00. The van der Waals surface area contributed by atoms with Crippen molar-refractivity contribution >= 4 is 0 Å². The first kappa shape index (κ1) is 8.85. The Bertz CT molecular complexity index is 62.1. The lowest BCUT2D eigenvalue weighted by atomic mass is 10.4. The summed E-state index contributed by atoms with van der Waals surface area (Å²) in [5.41, 5.74) is 0. The molecular formula is C6H13FO2. The molecule has 0 radical (unpaired) electrons. The highest BCUT2D eigenvalue weighted by Crippen LogP contribution is 1.96. The molecular weight excluding hydrogens is 123 g/mol. The number of hydrogen-bond acceptors (Lipinski definition) is 2. The van der Waals surface area contributed by atoms with Crippen LogP contribution in [0.1, 0.15) is 13.8 Å². The van der Waals surface area contributed by atoms with Gasteiger partial charge in [-0.1, -0.05) is 0 Å². The van der Waals surface area contributed by atoms with Gasteiger partial charge < -0.3 is 9.84 Å². The first-order valence-electron chi connectivity index (χ1n) is 3.03. The molecule has 1 atom stereocenters. The van der Waals surface area contributed by atoms with Crippen molar-refractivity contribution in [3.05, 3.63) is 0 Å². The van der Waals surface area contributed by atoms with Crippen molar-refractivity contribution in [3.63, 3.8) is 0 Å². The average molecular weight is 136 g/mol. The van der Waals surface area contributed by atoms with Crippen LogP contribution in [0.25, 0.3) is 0 Å². The molecule has 0 aromatic heterocycles. The van der Waals surface area contributed by atoms with E-state index < -0.39 is 12.8 Å². The summed E-state index contributed by atoms with van der Waals surface area (Å²) in [4.78, 5) is 0. The van der Waals surface area contributed by atoms with Gasteiger partial charge in [0, 0.05) is 0 Å². The molecule has 0 bridgehead atoms. The predicted molar refractivity (Wildman–Crippen MR) is 33.1 cm³/mol. The van der Waals surface area contributed by atoms with Gasteiger partial charge in [-0.15, -0.1) is 0 Å². The predicted octanol–water partition coefficient (Wildman–Crippen LogP) is 0.742. The molecule has 9 heavy (non-hydrogen) atoms. The largest absolute Gasteiger partial charge is 0.394 e. The number of ether oxygens (including phenoxy) is 1. The van der Waals surface area contributed by atoms with Crippen molar-refractivity contribution in [1.29, 1.82) is 0 Å². The number of halogens is 1. The van der Waals surface area contributed by atoms with E-state index in [1.54, 1.807) is 13.8 Å². The molecule has 1 N–H and O–H groups in total. The smallest absolute Gasteiger partial charge is 0.118 e. The summed E-state index contributed by atoms with van der Waals surface area (Å²) in [6.07, 6.45) is -0.650. The van der Waals surface area contributed by atoms with Crippen LogP contribution in [0.2, 0.25) is 0 Å². The normalized spacial score (nSPS) is 14.3. The Balaban J connectivity index is 3.31. The zero-order valence-corrected chi connectivity index (χ0v) is 5.80. The molecule has 0 spiro atoms. The first-order chi connectivity index (χ1) is 4.20. The quantitative estimate of drug-likeness (QED) is 0.617. The Hall–Kier alpha value is -0.150. The Morgan fingerprint density at radius 2 is 2.11 bits per heavy atom. The SMILES string of the molecule is CC(C)OC(CO)CF. The molecule has 0 rings (SSSR count). The Morgan fingerprint density at radius 1 is 1.56 bits per heavy atom. The summed E-state index contributed by atoms with van der Waals surface area (Å²) in [6, 6.07) is 0. The highest BCUT2D eigenvalue weighted by molar-refractivity contribution is 4.53. The van der Waals surface area contributed by atoms with Gasteiger partial charge in [-0.3, -0.25) is 0 Å². The maximum absolute atomic E-state index is 11.7. The van der Waals surface area contributed by atoms with E-state index in [2.05, 4.69) is 0 Å². The van der Waals surface area contributed by atoms with Crippen LogP contribution in [-0.2, 0) is 4.74 Å². The minimum Gasteiger partial charge on any atom is -0.394 e. The third kappa shape index (κ3) is 4.36. The summed E-state index contributed by atoms with van der Waals surface area (Å²) in [5, 5.41) is 8.41. The van der Waals surface area contributed by atoms with Crippen molar-refractivity contribution in [2.45, 2.75) is 26.1 Å². The van der Waals surface area contributed by atoms with Crippen molar-refractivity contribution < 1.29 is 14.2 Å². The fourth-order valence-corrected chi connectivity index (χ4v) is 0.513. The maximum atomic E-state index is 11.7. The fourth-order valence-electron chi connectivity index (χ4n) is 0.513. The van der Waals surface area contributed by atoms with Gasteiger partial charge in [-0.2, -0.15) is 0 Å². The minimum absolute atomic E-state index is 0.0158. The molecule has 0 aromatic rings. The second-order valence-corrected chi connectivity index (χ2v) is 2.14. The molecule has 0 amide bonds. The van der Waals surface area contributed by atoms with E-state index in [0.29, 0.717) is 0 Å². The standard InChI is InChI=1S/C6H13FO2/c1-5(2)9-6(3-7)4-8/h5-6,8H,3-4H2,1-2H3. The van der Waals surface area contributed by atoms with Crippen LogP contribution < -0.4 is 0 Å². The third-order valence-electron chi connectivity index (χ3n) is 0.840. The minimum atomic E-state index is -0.634. The second kappa shape index (κ2) is 4.70. The topological polar surface area (TPSA) is 29.5 Å². The van der Waals surface area contributed by atoms with E-state index in [-0.39, 0.29) is 12.7 Å². The van der Waals surface area contributed by atoms with Crippen LogP contribution in [-0.4, -0.2) is 30.6 Å². The van der Waals surface area contributed by atoms with Gasteiger partial charge in [0.25, 0.3) is 0 Å². The lowest BCUT2D eigenvalue weighted by Gasteiger charge is -2.13. The van der Waals surface area contributed by atoms with Crippen LogP contribution in [0.4, 0.5) is 4.39 Å². The molecule has 0 aliphatic rings. The lowest BCUT2D eigenvalue weighted by molar-refractivity contribution is -0.0342. The van der Waals surface area contributed by atoms with E-state index >= 15 is 0 Å². The van der Waals surface area contributed by atoms with Gasteiger partial charge in [0.2, 0.25) is 0 Å². The molecule has 0 aliphatic carbocycles. The zero-order chi connectivity index (χ0) is 7.28. The molecule has 0 saturated heterocycles. The first-order valence-corrected chi connectivity index (χ1v) is 3.03. The Morgan fingerprint density at radius 3 is 2.22 bits per heavy atom. The summed E-state index contributed by atoms with van der Waals surface area (Å²) >= 11 is 0. The number of alkyl halides is 1. The molecule has 56 valence electrons. The van der Waals surface area contributed by atoms with Gasteiger partial charge in [0.15, 0.2) is 0 Å². The van der Waals surface area contributed by atoms with Crippen LogP contribution in [0.5, 0.6) is 0 Å². The number of hydrogen-bond donors (Lipinski definition) is 1. The van der Waals surface area contributed by atoms with Gasteiger partial charge >= 0.3 is 0 Å². The van der Waals surface area contributed by atoms with Crippen LogP contribution in [0, 0.1) is 0 Å². The molecule has 1 unspecified atom stereocenters. The molecule has 0 heterocycles. The highest BCUT2D eigenvalue weighted by atomic mass is 19.1. The summed E-state index contributed by atoms with van der Waals surface area (Å²) < 4.78 is 16.7. The monoisotopic (exact) mass is 136 g/mol. The maximum Gasteiger partial charge on any atom is 0.118 e. The molecule has 0 aliphatic heterocycles. The van der Waals surface area contributed by atoms with E-state index in [0.717, 1.165) is 0 Å². The summed E-state index contributed by atoms with van der Waals surface area (Å²) in [5.74, 6) is 0. The van der Waals surface area contributed by atoms with E-state index in [9.17, 15) is 4.39 Å². The van der Waals surface area contributed by atoms with Crippen molar-refractivity contribution in [3.8, 4) is 0 Å². The van der Waals surface area contributed by atoms with Gasteiger partial charge in [-0.25, -0.2) is 4.39 Å². The Labute approximate surface area is 54.6 Å². The number of aliphatic hydroxyl groups excluding tert-OH is 1. The zero-order valence-electron chi connectivity index (χ0n) is 5.80.